The lowest BCUT2D eigenvalue weighted by atomic mass is 9.86. The van der Waals surface area contributed by atoms with Crippen molar-refractivity contribution in [3.05, 3.63) is 42.5 Å². The number of hydrogen-bond acceptors (Lipinski definition) is 3. The first-order chi connectivity index (χ1) is 9.99. The van der Waals surface area contributed by atoms with Gasteiger partial charge in [0.2, 0.25) is 0 Å². The van der Waals surface area contributed by atoms with Crippen molar-refractivity contribution in [3.8, 4) is 0 Å². The van der Waals surface area contributed by atoms with Crippen molar-refractivity contribution >= 4 is 11.5 Å². The average Bonchev–Trinajstić information content (AvgIpc) is 3.01. The second kappa shape index (κ2) is 6.44. The van der Waals surface area contributed by atoms with Crippen molar-refractivity contribution in [2.24, 2.45) is 0 Å². The van der Waals surface area contributed by atoms with Crippen LogP contribution in [0.15, 0.2) is 36.9 Å². The number of anilines is 1. The first-order valence-electron chi connectivity index (χ1n) is 7.67. The molecule has 1 aliphatic heterocycles. The van der Waals surface area contributed by atoms with Gasteiger partial charge in [0.1, 0.15) is 0 Å². The molecule has 3 heteroatoms. The van der Waals surface area contributed by atoms with Crippen LogP contribution in [0.2, 0.25) is 0 Å². The molecule has 21 heavy (non-hydrogen) atoms. The van der Waals surface area contributed by atoms with E-state index in [2.05, 4.69) is 18.4 Å². The molecule has 1 aromatic carbocycles. The average molecular weight is 286 g/mol. The van der Waals surface area contributed by atoms with Gasteiger partial charge in [0.15, 0.2) is 5.78 Å². The molecule has 114 valence electrons. The minimum Gasteiger partial charge on any atom is -0.378 e. The third-order valence-electron chi connectivity index (χ3n) is 4.48. The van der Waals surface area contributed by atoms with Crippen molar-refractivity contribution in [1.82, 2.24) is 4.90 Å². The normalized spacial score (nSPS) is 18.2. The molecule has 0 radical (unpaired) electrons. The summed E-state index contributed by atoms with van der Waals surface area (Å²) in [5.41, 5.74) is 1.44. The van der Waals surface area contributed by atoms with E-state index in [1.54, 1.807) is 0 Å². The molecule has 0 bridgehead atoms. The highest BCUT2D eigenvalue weighted by Crippen LogP contribution is 2.29. The van der Waals surface area contributed by atoms with Crippen molar-refractivity contribution in [2.45, 2.75) is 31.7 Å². The van der Waals surface area contributed by atoms with Crippen LogP contribution < -0.4 is 4.90 Å². The summed E-state index contributed by atoms with van der Waals surface area (Å²) in [6.07, 6.45) is 4.92. The van der Waals surface area contributed by atoms with Crippen molar-refractivity contribution < 1.29 is 4.79 Å². The lowest BCUT2D eigenvalue weighted by molar-refractivity contribution is 0.0665. The monoisotopic (exact) mass is 286 g/mol. The first-order valence-corrected chi connectivity index (χ1v) is 7.67. The van der Waals surface area contributed by atoms with Crippen LogP contribution in [0.4, 0.5) is 5.69 Å². The standard InChI is InChI=1S/C18H26N2O/c1-5-12-18(2,20-13-6-7-14-20)17(21)15-8-10-16(11-9-15)19(3)4/h5,8-11H,1,6-7,12-14H2,2-4H3. The maximum absolute atomic E-state index is 13.0. The van der Waals surface area contributed by atoms with Crippen LogP contribution in [0, 0.1) is 0 Å². The van der Waals surface area contributed by atoms with Gasteiger partial charge in [-0.3, -0.25) is 9.69 Å². The van der Waals surface area contributed by atoms with Crippen molar-refractivity contribution in [2.75, 3.05) is 32.1 Å². The van der Waals surface area contributed by atoms with Crippen molar-refractivity contribution in [1.29, 1.82) is 0 Å². The number of Topliss-reactive ketones (excluding diaryl/α,β-unsaturated/α-hetero) is 1. The summed E-state index contributed by atoms with van der Waals surface area (Å²) in [4.78, 5) is 17.4. The van der Waals surface area contributed by atoms with Crippen LogP contribution in [-0.2, 0) is 0 Å². The molecule has 0 saturated carbocycles. The fourth-order valence-corrected chi connectivity index (χ4v) is 3.08. The molecule has 0 spiro atoms. The number of carbonyl (C=O) groups is 1. The lowest BCUT2D eigenvalue weighted by Crippen LogP contribution is -2.50. The second-order valence-corrected chi connectivity index (χ2v) is 6.23. The van der Waals surface area contributed by atoms with Gasteiger partial charge in [-0.2, -0.15) is 0 Å². The molecule has 0 aromatic heterocycles. The predicted molar refractivity (Wildman–Crippen MR) is 89.1 cm³/mol. The molecule has 1 aliphatic rings. The summed E-state index contributed by atoms with van der Waals surface area (Å²) in [7, 11) is 4.01. The maximum atomic E-state index is 13.0. The minimum absolute atomic E-state index is 0.203. The molecule has 2 rings (SSSR count). The SMILES string of the molecule is C=CCC(C)(C(=O)c1ccc(N(C)C)cc1)N1CCCC1. The van der Waals surface area contributed by atoms with E-state index in [1.165, 1.54) is 12.8 Å². The van der Waals surface area contributed by atoms with E-state index < -0.39 is 5.54 Å². The van der Waals surface area contributed by atoms with Gasteiger partial charge in [0, 0.05) is 25.3 Å². The van der Waals surface area contributed by atoms with E-state index in [9.17, 15) is 4.79 Å². The Morgan fingerprint density at radius 2 is 1.86 bits per heavy atom. The Balaban J connectivity index is 2.27. The molecular formula is C18H26N2O. The summed E-state index contributed by atoms with van der Waals surface area (Å²) in [6.45, 7) is 7.91. The number of benzene rings is 1. The van der Waals surface area contributed by atoms with Gasteiger partial charge < -0.3 is 4.90 Å². The topological polar surface area (TPSA) is 23.6 Å². The Kier molecular flexibility index (Phi) is 4.84. The van der Waals surface area contributed by atoms with Gasteiger partial charge in [0.05, 0.1) is 5.54 Å². The first kappa shape index (κ1) is 15.8. The van der Waals surface area contributed by atoms with Gasteiger partial charge >= 0.3 is 0 Å². The van der Waals surface area contributed by atoms with Gasteiger partial charge in [-0.15, -0.1) is 6.58 Å². The van der Waals surface area contributed by atoms with Crippen LogP contribution in [0.1, 0.15) is 36.5 Å². The van der Waals surface area contributed by atoms with Crippen LogP contribution in [0.25, 0.3) is 0 Å². The van der Waals surface area contributed by atoms with Crippen LogP contribution in [0.5, 0.6) is 0 Å². The van der Waals surface area contributed by atoms with E-state index >= 15 is 0 Å². The maximum Gasteiger partial charge on any atom is 0.183 e. The molecule has 0 N–H and O–H groups in total. The number of hydrogen-bond donors (Lipinski definition) is 0. The Labute approximate surface area is 128 Å². The van der Waals surface area contributed by atoms with Crippen molar-refractivity contribution in [3.63, 3.8) is 0 Å². The molecule has 1 atom stereocenters. The highest BCUT2D eigenvalue weighted by Gasteiger charge is 2.39. The van der Waals surface area contributed by atoms with E-state index in [1.807, 2.05) is 49.3 Å². The Bertz CT molecular complexity index is 500. The van der Waals surface area contributed by atoms with Gasteiger partial charge in [0.25, 0.3) is 0 Å². The molecule has 1 aromatic rings. The van der Waals surface area contributed by atoms with Crippen LogP contribution in [0.3, 0.4) is 0 Å². The number of ketones is 1. The quantitative estimate of drug-likeness (QED) is 0.592. The molecule has 1 heterocycles. The molecule has 1 fully saturated rings. The second-order valence-electron chi connectivity index (χ2n) is 6.23. The van der Waals surface area contributed by atoms with Gasteiger partial charge in [-0.05, 0) is 63.5 Å². The largest absolute Gasteiger partial charge is 0.378 e. The number of rotatable bonds is 6. The molecule has 0 amide bonds. The molecule has 1 unspecified atom stereocenters. The number of likely N-dealkylation sites (tertiary alicyclic amines) is 1. The van der Waals surface area contributed by atoms with E-state index in [0.717, 1.165) is 24.3 Å². The van der Waals surface area contributed by atoms with Gasteiger partial charge in [-0.1, -0.05) is 6.08 Å². The van der Waals surface area contributed by atoms with Gasteiger partial charge in [-0.25, -0.2) is 0 Å². The van der Waals surface area contributed by atoms with E-state index in [4.69, 9.17) is 0 Å². The summed E-state index contributed by atoms with van der Waals surface area (Å²) in [5.74, 6) is 0.203. The Hall–Kier alpha value is -1.61. The molecular weight excluding hydrogens is 260 g/mol. The third kappa shape index (κ3) is 3.18. The molecule has 3 nitrogen and oxygen atoms in total. The van der Waals surface area contributed by atoms with E-state index in [-0.39, 0.29) is 5.78 Å². The highest BCUT2D eigenvalue weighted by atomic mass is 16.1. The number of nitrogens with zero attached hydrogens (tertiary/aromatic N) is 2. The minimum atomic E-state index is -0.460. The number of carbonyl (C=O) groups excluding carboxylic acids is 1. The zero-order valence-corrected chi connectivity index (χ0v) is 13.4. The summed E-state index contributed by atoms with van der Waals surface area (Å²) in [6, 6.07) is 7.89. The zero-order valence-electron chi connectivity index (χ0n) is 13.4. The third-order valence-corrected chi connectivity index (χ3v) is 4.48. The van der Waals surface area contributed by atoms with Crippen LogP contribution in [-0.4, -0.2) is 43.4 Å². The van der Waals surface area contributed by atoms with E-state index in [0.29, 0.717) is 6.42 Å². The Morgan fingerprint density at radius 3 is 2.33 bits per heavy atom. The summed E-state index contributed by atoms with van der Waals surface area (Å²) in [5, 5.41) is 0. The lowest BCUT2D eigenvalue weighted by Gasteiger charge is -2.37. The predicted octanol–water partition coefficient (Wildman–Crippen LogP) is 3.37. The summed E-state index contributed by atoms with van der Waals surface area (Å²) < 4.78 is 0. The molecule has 0 aliphatic carbocycles. The zero-order chi connectivity index (χ0) is 15.5. The Morgan fingerprint density at radius 1 is 1.29 bits per heavy atom. The molecule has 1 saturated heterocycles. The smallest absolute Gasteiger partial charge is 0.183 e. The summed E-state index contributed by atoms with van der Waals surface area (Å²) >= 11 is 0. The van der Waals surface area contributed by atoms with Crippen LogP contribution >= 0.6 is 0 Å². The highest BCUT2D eigenvalue weighted by molar-refractivity contribution is 6.03. The fourth-order valence-electron chi connectivity index (χ4n) is 3.08. The fraction of sp³-hybridized carbons (Fsp3) is 0.500.